The largest absolute Gasteiger partial charge is 0.469 e. The molecule has 19 heavy (non-hydrogen) atoms. The van der Waals surface area contributed by atoms with Crippen LogP contribution in [-0.2, 0) is 14.3 Å². The third kappa shape index (κ3) is 5.07. The molecule has 0 saturated carbocycles. The molecule has 0 atom stereocenters. The van der Waals surface area contributed by atoms with Crippen molar-refractivity contribution in [1.29, 1.82) is 5.26 Å². The minimum atomic E-state index is -0.308. The Morgan fingerprint density at radius 3 is 2.95 bits per heavy atom. The van der Waals surface area contributed by atoms with Crippen LogP contribution in [0.3, 0.4) is 0 Å². The first-order chi connectivity index (χ1) is 9.06. The van der Waals surface area contributed by atoms with E-state index in [0.29, 0.717) is 17.1 Å². The van der Waals surface area contributed by atoms with E-state index in [2.05, 4.69) is 10.1 Å². The zero-order valence-corrected chi connectivity index (χ0v) is 11.6. The van der Waals surface area contributed by atoms with Crippen molar-refractivity contribution in [3.63, 3.8) is 0 Å². The van der Waals surface area contributed by atoms with E-state index < -0.39 is 0 Å². The van der Waals surface area contributed by atoms with E-state index in [1.54, 1.807) is 23.4 Å². The number of nitrogens with zero attached hydrogens (tertiary/aromatic N) is 2. The van der Waals surface area contributed by atoms with Gasteiger partial charge in [-0.1, -0.05) is 0 Å². The summed E-state index contributed by atoms with van der Waals surface area (Å²) in [5.74, 6) is -0.524. The fraction of sp³-hybridized carbons (Fsp3) is 0.417. The molecular weight excluding hydrogens is 266 g/mol. The number of nitrogens with one attached hydrogen (secondary N) is 1. The Hall–Kier alpha value is -1.91. The van der Waals surface area contributed by atoms with Gasteiger partial charge in [-0.25, -0.2) is 0 Å². The predicted molar refractivity (Wildman–Crippen MR) is 71.8 cm³/mol. The standard InChI is InChI=1S/C12H15N3O3S/c1-15(5-3-11(17)18-2)8-10(16)14-12-9(7-13)4-6-19-12/h4,6H,3,5,8H2,1-2H3,(H,14,16). The van der Waals surface area contributed by atoms with E-state index in [0.717, 1.165) is 0 Å². The summed E-state index contributed by atoms with van der Waals surface area (Å²) >= 11 is 1.30. The van der Waals surface area contributed by atoms with Crippen LogP contribution >= 0.6 is 11.3 Å². The molecule has 0 aliphatic heterocycles. The van der Waals surface area contributed by atoms with Gasteiger partial charge in [-0.2, -0.15) is 5.26 Å². The molecule has 0 aliphatic carbocycles. The molecule has 0 saturated heterocycles. The van der Waals surface area contributed by atoms with Gasteiger partial charge in [0.25, 0.3) is 0 Å². The second kappa shape index (κ2) is 7.51. The summed E-state index contributed by atoms with van der Waals surface area (Å²) in [5.41, 5.74) is 0.454. The molecular formula is C12H15N3O3S. The van der Waals surface area contributed by atoms with Gasteiger partial charge in [-0.3, -0.25) is 14.5 Å². The molecule has 0 aliphatic rings. The van der Waals surface area contributed by atoms with Gasteiger partial charge in [0.05, 0.1) is 25.6 Å². The molecule has 1 amide bonds. The van der Waals surface area contributed by atoms with Crippen LogP contribution in [0.1, 0.15) is 12.0 Å². The van der Waals surface area contributed by atoms with Crippen LogP contribution in [0.2, 0.25) is 0 Å². The van der Waals surface area contributed by atoms with Crippen LogP contribution < -0.4 is 5.32 Å². The van der Waals surface area contributed by atoms with Crippen LogP contribution in [0.25, 0.3) is 0 Å². The molecule has 6 nitrogen and oxygen atoms in total. The van der Waals surface area contributed by atoms with Gasteiger partial charge in [0, 0.05) is 6.54 Å². The van der Waals surface area contributed by atoms with E-state index >= 15 is 0 Å². The summed E-state index contributed by atoms with van der Waals surface area (Å²) in [6.07, 6.45) is 0.239. The summed E-state index contributed by atoms with van der Waals surface area (Å²) in [6.45, 7) is 0.593. The first-order valence-corrected chi connectivity index (χ1v) is 6.47. The van der Waals surface area contributed by atoms with Crippen LogP contribution in [-0.4, -0.2) is 44.0 Å². The summed E-state index contributed by atoms with van der Waals surface area (Å²) < 4.78 is 4.52. The van der Waals surface area contributed by atoms with Crippen molar-refractivity contribution < 1.29 is 14.3 Å². The SMILES string of the molecule is COC(=O)CCN(C)CC(=O)Nc1sccc1C#N. The fourth-order valence-corrected chi connectivity index (χ4v) is 2.12. The maximum Gasteiger partial charge on any atom is 0.306 e. The average Bonchev–Trinajstić information content (AvgIpc) is 2.82. The lowest BCUT2D eigenvalue weighted by Crippen LogP contribution is -2.31. The quantitative estimate of drug-likeness (QED) is 0.788. The number of thiophene rings is 1. The first kappa shape index (κ1) is 15.1. The topological polar surface area (TPSA) is 82.4 Å². The van der Waals surface area contributed by atoms with Crippen LogP contribution in [0.15, 0.2) is 11.4 Å². The van der Waals surface area contributed by atoms with E-state index in [4.69, 9.17) is 5.26 Å². The maximum atomic E-state index is 11.7. The van der Waals surface area contributed by atoms with Gasteiger partial charge < -0.3 is 10.1 Å². The number of hydrogen-bond donors (Lipinski definition) is 1. The van der Waals surface area contributed by atoms with Gasteiger partial charge in [0.1, 0.15) is 11.1 Å². The normalized spacial score (nSPS) is 10.0. The fourth-order valence-electron chi connectivity index (χ4n) is 1.37. The molecule has 7 heteroatoms. The minimum absolute atomic E-state index is 0.153. The Bertz CT molecular complexity index is 493. The molecule has 102 valence electrons. The smallest absolute Gasteiger partial charge is 0.306 e. The van der Waals surface area contributed by atoms with Crippen molar-refractivity contribution in [3.8, 4) is 6.07 Å². The first-order valence-electron chi connectivity index (χ1n) is 5.59. The number of methoxy groups -OCH3 is 1. The molecule has 1 N–H and O–H groups in total. The second-order valence-electron chi connectivity index (χ2n) is 3.89. The van der Waals surface area contributed by atoms with Crippen LogP contribution in [0.4, 0.5) is 5.00 Å². The Morgan fingerprint density at radius 1 is 1.58 bits per heavy atom. The van der Waals surface area contributed by atoms with E-state index in [9.17, 15) is 9.59 Å². The third-order valence-electron chi connectivity index (χ3n) is 2.38. The van der Waals surface area contributed by atoms with Gasteiger partial charge in [-0.05, 0) is 18.5 Å². The molecule has 0 radical (unpaired) electrons. The highest BCUT2D eigenvalue weighted by Crippen LogP contribution is 2.21. The average molecular weight is 281 g/mol. The number of hydrogen-bond acceptors (Lipinski definition) is 6. The van der Waals surface area contributed by atoms with Crippen molar-refractivity contribution in [3.05, 3.63) is 17.0 Å². The van der Waals surface area contributed by atoms with E-state index in [1.165, 1.54) is 18.4 Å². The van der Waals surface area contributed by atoms with Crippen LogP contribution in [0, 0.1) is 11.3 Å². The van der Waals surface area contributed by atoms with Crippen molar-refractivity contribution >= 4 is 28.2 Å². The van der Waals surface area contributed by atoms with Crippen LogP contribution in [0.5, 0.6) is 0 Å². The molecule has 1 aromatic rings. The maximum absolute atomic E-state index is 11.7. The van der Waals surface area contributed by atoms with Gasteiger partial charge in [0.15, 0.2) is 0 Å². The van der Waals surface area contributed by atoms with Crippen molar-refractivity contribution in [2.24, 2.45) is 0 Å². The number of anilines is 1. The lowest BCUT2D eigenvalue weighted by molar-refractivity contribution is -0.141. The van der Waals surface area contributed by atoms with Gasteiger partial charge in [0.2, 0.25) is 5.91 Å². The number of carbonyl (C=O) groups excluding carboxylic acids is 2. The zero-order chi connectivity index (χ0) is 14.3. The van der Waals surface area contributed by atoms with Gasteiger partial charge >= 0.3 is 5.97 Å². The Kier molecular flexibility index (Phi) is 5.99. The number of rotatable bonds is 6. The number of amides is 1. The molecule has 0 spiro atoms. The highest BCUT2D eigenvalue weighted by molar-refractivity contribution is 7.14. The molecule has 1 aromatic heterocycles. The third-order valence-corrected chi connectivity index (χ3v) is 3.21. The lowest BCUT2D eigenvalue weighted by Gasteiger charge is -2.15. The number of ether oxygens (including phenoxy) is 1. The lowest BCUT2D eigenvalue weighted by atomic mass is 10.3. The number of esters is 1. The minimum Gasteiger partial charge on any atom is -0.469 e. The molecule has 0 bridgehead atoms. The summed E-state index contributed by atoms with van der Waals surface area (Å²) in [4.78, 5) is 24.4. The highest BCUT2D eigenvalue weighted by atomic mass is 32.1. The summed E-state index contributed by atoms with van der Waals surface area (Å²) in [6, 6.07) is 3.66. The molecule has 1 heterocycles. The molecule has 1 rings (SSSR count). The Morgan fingerprint density at radius 2 is 2.32 bits per heavy atom. The predicted octanol–water partition coefficient (Wildman–Crippen LogP) is 1.05. The Labute approximate surface area is 115 Å². The molecule has 0 aromatic carbocycles. The zero-order valence-electron chi connectivity index (χ0n) is 10.8. The van der Waals surface area contributed by atoms with E-state index in [1.807, 2.05) is 6.07 Å². The second-order valence-corrected chi connectivity index (χ2v) is 4.80. The Balaban J connectivity index is 2.39. The van der Waals surface area contributed by atoms with Crippen molar-refractivity contribution in [1.82, 2.24) is 4.90 Å². The number of likely N-dealkylation sites (N-methyl/N-ethyl adjacent to an activating group) is 1. The molecule has 0 fully saturated rings. The number of nitriles is 1. The number of carbonyl (C=O) groups is 2. The van der Waals surface area contributed by atoms with Gasteiger partial charge in [-0.15, -0.1) is 11.3 Å². The summed E-state index contributed by atoms with van der Waals surface area (Å²) in [5, 5.41) is 13.8. The van der Waals surface area contributed by atoms with Crippen molar-refractivity contribution in [2.45, 2.75) is 6.42 Å². The highest BCUT2D eigenvalue weighted by Gasteiger charge is 2.11. The van der Waals surface area contributed by atoms with E-state index in [-0.39, 0.29) is 24.8 Å². The monoisotopic (exact) mass is 281 g/mol. The molecule has 0 unspecified atom stereocenters. The van der Waals surface area contributed by atoms with Crippen molar-refractivity contribution in [2.75, 3.05) is 32.6 Å². The summed E-state index contributed by atoms with van der Waals surface area (Å²) in [7, 11) is 3.07.